The third kappa shape index (κ3) is 3.75. The van der Waals surface area contributed by atoms with Crippen LogP contribution < -0.4 is 5.32 Å². The first kappa shape index (κ1) is 13.4. The number of carbonyl (C=O) groups is 1. The van der Waals surface area contributed by atoms with Gasteiger partial charge in [0.05, 0.1) is 11.8 Å². The van der Waals surface area contributed by atoms with Crippen molar-refractivity contribution in [3.05, 3.63) is 0 Å². The summed E-state index contributed by atoms with van der Waals surface area (Å²) >= 11 is 0. The predicted molar refractivity (Wildman–Crippen MR) is 63.0 cm³/mol. The highest BCUT2D eigenvalue weighted by Crippen LogP contribution is 2.02. The van der Waals surface area contributed by atoms with Gasteiger partial charge >= 0.3 is 0 Å². The van der Waals surface area contributed by atoms with E-state index in [1.807, 2.05) is 6.92 Å². The molecule has 1 fully saturated rings. The Hall–Kier alpha value is -0.620. The highest BCUT2D eigenvalue weighted by atomic mass is 32.2. The summed E-state index contributed by atoms with van der Waals surface area (Å²) in [4.78, 5) is 13.3. The number of amides is 1. The maximum Gasteiger partial charge on any atom is 0.239 e. The highest BCUT2D eigenvalue weighted by molar-refractivity contribution is 7.91. The summed E-state index contributed by atoms with van der Waals surface area (Å²) in [6, 6.07) is -0.192. The number of nitrogens with zero attached hydrogens (tertiary/aromatic N) is 1. The second-order valence-corrected chi connectivity index (χ2v) is 6.46. The molecule has 6 heteroatoms. The van der Waals surface area contributed by atoms with Crippen molar-refractivity contribution < 1.29 is 13.2 Å². The van der Waals surface area contributed by atoms with Crippen molar-refractivity contribution in [2.75, 3.05) is 31.1 Å². The number of sulfone groups is 1. The smallest absolute Gasteiger partial charge is 0.239 e. The lowest BCUT2D eigenvalue weighted by Gasteiger charge is -2.31. The van der Waals surface area contributed by atoms with E-state index in [0.717, 1.165) is 6.54 Å². The molecule has 1 amide bonds. The Balaban J connectivity index is 2.46. The van der Waals surface area contributed by atoms with Crippen molar-refractivity contribution >= 4 is 15.7 Å². The zero-order chi connectivity index (χ0) is 12.2. The SMILES string of the molecule is CCCS(=O)(=O)CCN1CCNC(C)C1=O. The minimum Gasteiger partial charge on any atom is -0.339 e. The van der Waals surface area contributed by atoms with Gasteiger partial charge in [0.2, 0.25) is 5.91 Å². The van der Waals surface area contributed by atoms with Crippen LogP contribution >= 0.6 is 0 Å². The second-order valence-electron chi connectivity index (χ2n) is 4.15. The summed E-state index contributed by atoms with van der Waals surface area (Å²) < 4.78 is 23.0. The fourth-order valence-electron chi connectivity index (χ4n) is 1.77. The van der Waals surface area contributed by atoms with E-state index in [1.54, 1.807) is 11.8 Å². The van der Waals surface area contributed by atoms with Gasteiger partial charge in [-0.25, -0.2) is 8.42 Å². The van der Waals surface area contributed by atoms with Crippen molar-refractivity contribution in [2.24, 2.45) is 0 Å². The average Bonchev–Trinajstić information content (AvgIpc) is 2.20. The fourth-order valence-corrected chi connectivity index (χ4v) is 3.10. The molecular weight excluding hydrogens is 228 g/mol. The first-order chi connectivity index (χ1) is 7.46. The quantitative estimate of drug-likeness (QED) is 0.721. The molecule has 1 atom stereocenters. The maximum atomic E-state index is 11.7. The number of nitrogens with one attached hydrogen (secondary N) is 1. The van der Waals surface area contributed by atoms with E-state index in [1.165, 1.54) is 0 Å². The molecular formula is C10H20N2O3S. The molecule has 16 heavy (non-hydrogen) atoms. The third-order valence-electron chi connectivity index (χ3n) is 2.70. The molecule has 5 nitrogen and oxygen atoms in total. The molecule has 1 unspecified atom stereocenters. The standard InChI is InChI=1S/C10H20N2O3S/c1-3-7-16(14,15)8-6-12-5-4-11-9(2)10(12)13/h9,11H,3-8H2,1-2H3. The molecule has 0 aliphatic carbocycles. The van der Waals surface area contributed by atoms with Crippen molar-refractivity contribution in [3.63, 3.8) is 0 Å². The van der Waals surface area contributed by atoms with E-state index in [9.17, 15) is 13.2 Å². The molecule has 94 valence electrons. The van der Waals surface area contributed by atoms with Gasteiger partial charge in [-0.1, -0.05) is 6.92 Å². The number of carbonyl (C=O) groups excluding carboxylic acids is 1. The first-order valence-electron chi connectivity index (χ1n) is 5.69. The van der Waals surface area contributed by atoms with Gasteiger partial charge in [0.15, 0.2) is 9.84 Å². The molecule has 0 aromatic rings. The van der Waals surface area contributed by atoms with Gasteiger partial charge in [0, 0.05) is 25.4 Å². The van der Waals surface area contributed by atoms with Gasteiger partial charge in [0.25, 0.3) is 0 Å². The minimum absolute atomic E-state index is 0.00190. The highest BCUT2D eigenvalue weighted by Gasteiger charge is 2.25. The van der Waals surface area contributed by atoms with Crippen LogP contribution in [-0.4, -0.2) is 56.4 Å². The number of rotatable bonds is 5. The Morgan fingerprint density at radius 2 is 2.12 bits per heavy atom. The first-order valence-corrected chi connectivity index (χ1v) is 7.51. The Morgan fingerprint density at radius 1 is 1.44 bits per heavy atom. The Morgan fingerprint density at radius 3 is 2.75 bits per heavy atom. The van der Waals surface area contributed by atoms with E-state index in [0.29, 0.717) is 19.5 Å². The van der Waals surface area contributed by atoms with Crippen LogP contribution in [0.4, 0.5) is 0 Å². The van der Waals surface area contributed by atoms with E-state index in [4.69, 9.17) is 0 Å². The van der Waals surface area contributed by atoms with E-state index >= 15 is 0 Å². The van der Waals surface area contributed by atoms with Crippen molar-refractivity contribution in [2.45, 2.75) is 26.3 Å². The molecule has 1 rings (SSSR count). The lowest BCUT2D eigenvalue weighted by Crippen LogP contribution is -2.54. The fraction of sp³-hybridized carbons (Fsp3) is 0.900. The van der Waals surface area contributed by atoms with Gasteiger partial charge in [0.1, 0.15) is 0 Å². The van der Waals surface area contributed by atoms with E-state index in [-0.39, 0.29) is 23.5 Å². The van der Waals surface area contributed by atoms with E-state index in [2.05, 4.69) is 5.32 Å². The van der Waals surface area contributed by atoms with Gasteiger partial charge < -0.3 is 10.2 Å². The van der Waals surface area contributed by atoms with Crippen LogP contribution in [0, 0.1) is 0 Å². The van der Waals surface area contributed by atoms with Crippen LogP contribution in [0.15, 0.2) is 0 Å². The Labute approximate surface area is 97.1 Å². The predicted octanol–water partition coefficient (Wildman–Crippen LogP) is -0.368. The summed E-state index contributed by atoms with van der Waals surface area (Å²) in [6.45, 7) is 5.31. The van der Waals surface area contributed by atoms with Crippen LogP contribution in [0.25, 0.3) is 0 Å². The monoisotopic (exact) mass is 248 g/mol. The van der Waals surface area contributed by atoms with Gasteiger partial charge in [-0.05, 0) is 13.3 Å². The normalized spacial score (nSPS) is 22.5. The summed E-state index contributed by atoms with van der Waals surface area (Å²) in [5, 5.41) is 3.04. The Kier molecular flexibility index (Phi) is 4.73. The molecule has 0 spiro atoms. The van der Waals surface area contributed by atoms with Crippen LogP contribution in [-0.2, 0) is 14.6 Å². The molecule has 0 aromatic carbocycles. The number of hydrogen-bond donors (Lipinski definition) is 1. The van der Waals surface area contributed by atoms with Crippen molar-refractivity contribution in [1.29, 1.82) is 0 Å². The molecule has 1 aliphatic rings. The number of hydrogen-bond acceptors (Lipinski definition) is 4. The van der Waals surface area contributed by atoms with Crippen LogP contribution in [0.1, 0.15) is 20.3 Å². The Bertz CT molecular complexity index is 340. The minimum atomic E-state index is -2.99. The topological polar surface area (TPSA) is 66.5 Å². The van der Waals surface area contributed by atoms with E-state index < -0.39 is 9.84 Å². The lowest BCUT2D eigenvalue weighted by atomic mass is 10.2. The average molecular weight is 248 g/mol. The van der Waals surface area contributed by atoms with Crippen LogP contribution in [0.2, 0.25) is 0 Å². The molecule has 1 heterocycles. The molecule has 1 saturated heterocycles. The molecule has 0 saturated carbocycles. The summed E-state index contributed by atoms with van der Waals surface area (Å²) in [6.07, 6.45) is 0.633. The molecule has 0 radical (unpaired) electrons. The zero-order valence-corrected chi connectivity index (χ0v) is 10.7. The molecule has 0 aromatic heterocycles. The zero-order valence-electron chi connectivity index (χ0n) is 9.90. The summed E-state index contributed by atoms with van der Waals surface area (Å²) in [7, 11) is -2.99. The summed E-state index contributed by atoms with van der Waals surface area (Å²) in [5.74, 6) is 0.292. The largest absolute Gasteiger partial charge is 0.339 e. The van der Waals surface area contributed by atoms with Gasteiger partial charge in [-0.2, -0.15) is 0 Å². The van der Waals surface area contributed by atoms with Crippen molar-refractivity contribution in [3.8, 4) is 0 Å². The maximum absolute atomic E-state index is 11.7. The van der Waals surface area contributed by atoms with Crippen LogP contribution in [0.3, 0.4) is 0 Å². The number of piperazine rings is 1. The summed E-state index contributed by atoms with van der Waals surface area (Å²) in [5.41, 5.74) is 0. The molecule has 1 aliphatic heterocycles. The third-order valence-corrected chi connectivity index (χ3v) is 4.54. The molecule has 1 N–H and O–H groups in total. The van der Waals surface area contributed by atoms with Crippen molar-refractivity contribution in [1.82, 2.24) is 10.2 Å². The van der Waals surface area contributed by atoms with Gasteiger partial charge in [-0.3, -0.25) is 4.79 Å². The second kappa shape index (κ2) is 5.63. The van der Waals surface area contributed by atoms with Gasteiger partial charge in [-0.15, -0.1) is 0 Å². The lowest BCUT2D eigenvalue weighted by molar-refractivity contribution is -0.134. The molecule has 0 bridgehead atoms. The van der Waals surface area contributed by atoms with Crippen LogP contribution in [0.5, 0.6) is 0 Å².